The number of hydrogen-bond donors (Lipinski definition) is 3. The third-order valence-electron chi connectivity index (χ3n) is 2.56. The molecule has 19 heavy (non-hydrogen) atoms. The third kappa shape index (κ3) is 3.27. The maximum Gasteiger partial charge on any atom is 0.269 e. The van der Waals surface area contributed by atoms with Crippen LogP contribution in [-0.4, -0.2) is 32.6 Å². The molecule has 2 rings (SSSR count). The van der Waals surface area contributed by atoms with Crippen LogP contribution in [0.15, 0.2) is 24.7 Å². The Hall–Kier alpha value is -2.44. The van der Waals surface area contributed by atoms with Crippen LogP contribution >= 0.6 is 0 Å². The summed E-state index contributed by atoms with van der Waals surface area (Å²) in [5, 5.41) is 12.5. The van der Waals surface area contributed by atoms with Crippen LogP contribution in [0.1, 0.15) is 36.2 Å². The number of H-pyrrole nitrogens is 1. The Bertz CT molecular complexity index is 539. The highest BCUT2D eigenvalue weighted by molar-refractivity contribution is 5.93. The molecule has 0 aliphatic heterocycles. The second-order valence-electron chi connectivity index (χ2n) is 4.03. The smallest absolute Gasteiger partial charge is 0.269 e. The van der Waals surface area contributed by atoms with E-state index in [2.05, 4.69) is 30.8 Å². The third-order valence-corrected chi connectivity index (χ3v) is 2.56. The molecule has 7 nitrogen and oxygen atoms in total. The Morgan fingerprint density at radius 2 is 2.32 bits per heavy atom. The number of pyridine rings is 1. The van der Waals surface area contributed by atoms with Crippen LogP contribution in [0, 0.1) is 0 Å². The minimum absolute atomic E-state index is 0.0352. The van der Waals surface area contributed by atoms with Gasteiger partial charge in [-0.05, 0) is 26.0 Å². The summed E-state index contributed by atoms with van der Waals surface area (Å²) in [4.78, 5) is 19.8. The van der Waals surface area contributed by atoms with Crippen LogP contribution in [0.5, 0.6) is 0 Å². The Morgan fingerprint density at radius 1 is 1.47 bits per heavy atom. The van der Waals surface area contributed by atoms with Gasteiger partial charge in [0.25, 0.3) is 5.91 Å². The highest BCUT2D eigenvalue weighted by Crippen LogP contribution is 2.15. The highest BCUT2D eigenvalue weighted by atomic mass is 16.1. The van der Waals surface area contributed by atoms with Crippen molar-refractivity contribution >= 4 is 11.6 Å². The molecule has 2 aromatic rings. The van der Waals surface area contributed by atoms with E-state index in [1.165, 1.54) is 6.33 Å². The lowest BCUT2D eigenvalue weighted by atomic mass is 10.2. The molecule has 0 radical (unpaired) electrons. The van der Waals surface area contributed by atoms with Crippen molar-refractivity contribution in [2.45, 2.75) is 19.9 Å². The molecule has 1 unspecified atom stereocenters. The molecule has 0 aliphatic rings. The molecule has 0 aliphatic carbocycles. The number of nitrogens with one attached hydrogen (secondary N) is 3. The van der Waals surface area contributed by atoms with Gasteiger partial charge in [-0.15, -0.1) is 0 Å². The Morgan fingerprint density at radius 3 is 3.00 bits per heavy atom. The van der Waals surface area contributed by atoms with E-state index in [1.807, 2.05) is 13.8 Å². The van der Waals surface area contributed by atoms with Gasteiger partial charge in [-0.25, -0.2) is 4.98 Å². The number of carbonyl (C=O) groups excluding carboxylic acids is 1. The van der Waals surface area contributed by atoms with Crippen molar-refractivity contribution in [3.63, 3.8) is 0 Å². The van der Waals surface area contributed by atoms with Gasteiger partial charge in [-0.2, -0.15) is 5.10 Å². The van der Waals surface area contributed by atoms with Gasteiger partial charge in [0.15, 0.2) is 0 Å². The van der Waals surface area contributed by atoms with Crippen LogP contribution < -0.4 is 10.6 Å². The molecule has 100 valence electrons. The monoisotopic (exact) mass is 260 g/mol. The van der Waals surface area contributed by atoms with Crippen LogP contribution in [0.2, 0.25) is 0 Å². The quantitative estimate of drug-likeness (QED) is 0.748. The first-order valence-corrected chi connectivity index (χ1v) is 6.06. The number of amides is 1. The second-order valence-corrected chi connectivity index (χ2v) is 4.03. The Balaban J connectivity index is 2.09. The molecule has 3 N–H and O–H groups in total. The summed E-state index contributed by atoms with van der Waals surface area (Å²) in [6.07, 6.45) is 3.06. The van der Waals surface area contributed by atoms with E-state index in [0.717, 1.165) is 11.5 Å². The van der Waals surface area contributed by atoms with Crippen molar-refractivity contribution in [1.82, 2.24) is 25.5 Å². The fourth-order valence-corrected chi connectivity index (χ4v) is 1.64. The molecular formula is C12H16N6O. The summed E-state index contributed by atoms with van der Waals surface area (Å²) in [5.41, 5.74) is 1.19. The van der Waals surface area contributed by atoms with Gasteiger partial charge in [-0.1, -0.05) is 0 Å². The number of carbonyl (C=O) groups is 1. The first-order chi connectivity index (χ1) is 9.20. The van der Waals surface area contributed by atoms with Gasteiger partial charge in [0, 0.05) is 18.4 Å². The Labute approximate surface area is 110 Å². The number of anilines is 1. The number of aromatic amines is 1. The molecule has 0 bridgehead atoms. The second kappa shape index (κ2) is 5.94. The van der Waals surface area contributed by atoms with Gasteiger partial charge in [-0.3, -0.25) is 14.9 Å². The zero-order valence-corrected chi connectivity index (χ0v) is 10.8. The van der Waals surface area contributed by atoms with Crippen LogP contribution in [0.4, 0.5) is 5.69 Å². The summed E-state index contributed by atoms with van der Waals surface area (Å²) < 4.78 is 0. The largest absolute Gasteiger partial charge is 0.375 e. The van der Waals surface area contributed by atoms with Gasteiger partial charge in [0.05, 0.1) is 6.04 Å². The number of aromatic nitrogens is 4. The van der Waals surface area contributed by atoms with Gasteiger partial charge in [0.2, 0.25) is 0 Å². The molecule has 0 spiro atoms. The van der Waals surface area contributed by atoms with Gasteiger partial charge in [0.1, 0.15) is 17.8 Å². The van der Waals surface area contributed by atoms with E-state index in [9.17, 15) is 4.79 Å². The first kappa shape index (κ1) is 13.0. The molecule has 0 fully saturated rings. The molecule has 7 heteroatoms. The zero-order chi connectivity index (χ0) is 13.7. The average Bonchev–Trinajstić information content (AvgIpc) is 2.93. The fourth-order valence-electron chi connectivity index (χ4n) is 1.64. The molecule has 1 atom stereocenters. The maximum atomic E-state index is 11.7. The van der Waals surface area contributed by atoms with Gasteiger partial charge < -0.3 is 10.6 Å². The summed E-state index contributed by atoms with van der Waals surface area (Å²) in [6.45, 7) is 4.39. The van der Waals surface area contributed by atoms with Crippen molar-refractivity contribution in [3.8, 4) is 0 Å². The van der Waals surface area contributed by atoms with E-state index >= 15 is 0 Å². The standard InChI is InChI=1S/C12H16N6O/c1-3-13-12(19)10-6-9(4-5-14-10)17-8(2)11-15-7-16-18-11/h4-8H,3H2,1-2H3,(H,13,19)(H,14,17)(H,15,16,18). The van der Waals surface area contributed by atoms with Crippen molar-refractivity contribution < 1.29 is 4.79 Å². The molecule has 2 heterocycles. The minimum Gasteiger partial charge on any atom is -0.375 e. The highest BCUT2D eigenvalue weighted by Gasteiger charge is 2.10. The normalized spacial score (nSPS) is 11.9. The SMILES string of the molecule is CCNC(=O)c1cc(NC(C)c2ncn[nH]2)ccn1. The number of hydrogen-bond acceptors (Lipinski definition) is 5. The van der Waals surface area contributed by atoms with E-state index in [-0.39, 0.29) is 11.9 Å². The summed E-state index contributed by atoms with van der Waals surface area (Å²) in [7, 11) is 0. The average molecular weight is 260 g/mol. The summed E-state index contributed by atoms with van der Waals surface area (Å²) >= 11 is 0. The topological polar surface area (TPSA) is 95.6 Å². The molecular weight excluding hydrogens is 244 g/mol. The first-order valence-electron chi connectivity index (χ1n) is 6.06. The van der Waals surface area contributed by atoms with E-state index in [4.69, 9.17) is 0 Å². The number of nitrogens with zero attached hydrogens (tertiary/aromatic N) is 3. The van der Waals surface area contributed by atoms with E-state index < -0.39 is 0 Å². The van der Waals surface area contributed by atoms with E-state index in [0.29, 0.717) is 12.2 Å². The maximum absolute atomic E-state index is 11.7. The number of rotatable bonds is 5. The van der Waals surface area contributed by atoms with Crippen LogP contribution in [-0.2, 0) is 0 Å². The van der Waals surface area contributed by atoms with Crippen molar-refractivity contribution in [2.75, 3.05) is 11.9 Å². The molecule has 0 saturated carbocycles. The van der Waals surface area contributed by atoms with Crippen molar-refractivity contribution in [1.29, 1.82) is 0 Å². The lowest BCUT2D eigenvalue weighted by Crippen LogP contribution is -2.23. The Kier molecular flexibility index (Phi) is 4.07. The van der Waals surface area contributed by atoms with Crippen LogP contribution in [0.3, 0.4) is 0 Å². The summed E-state index contributed by atoms with van der Waals surface area (Å²) in [5.74, 6) is 0.551. The fraction of sp³-hybridized carbons (Fsp3) is 0.333. The van der Waals surface area contributed by atoms with Crippen molar-refractivity contribution in [2.24, 2.45) is 0 Å². The van der Waals surface area contributed by atoms with Crippen LogP contribution in [0.25, 0.3) is 0 Å². The van der Waals surface area contributed by atoms with Gasteiger partial charge >= 0.3 is 0 Å². The zero-order valence-electron chi connectivity index (χ0n) is 10.8. The molecule has 0 saturated heterocycles. The van der Waals surface area contributed by atoms with E-state index in [1.54, 1.807) is 18.3 Å². The predicted molar refractivity (Wildman–Crippen MR) is 70.7 cm³/mol. The molecule has 1 amide bonds. The van der Waals surface area contributed by atoms with Crippen molar-refractivity contribution in [3.05, 3.63) is 36.2 Å². The minimum atomic E-state index is -0.182. The predicted octanol–water partition coefficient (Wildman–Crippen LogP) is 1.12. The lowest BCUT2D eigenvalue weighted by Gasteiger charge is -2.13. The lowest BCUT2D eigenvalue weighted by molar-refractivity contribution is 0.0951. The molecule has 2 aromatic heterocycles. The molecule has 0 aromatic carbocycles. The summed E-state index contributed by atoms with van der Waals surface area (Å²) in [6, 6.07) is 3.47.